The standard InChI is InChI=1S/C16H27N3O4/c1-10(8-14(20)21)19-16(23)13-9-12(13)15(22)18-7-4-11-2-5-17-6-3-11/h10-13,17H,2-9H2,1H3,(H,18,22)(H,19,23)(H,20,21)/t10-,12-,13-/m1/s1. The van der Waals surface area contributed by atoms with Gasteiger partial charge in [-0.2, -0.15) is 0 Å². The zero-order valence-corrected chi connectivity index (χ0v) is 13.6. The third-order valence-electron chi connectivity index (χ3n) is 4.64. The molecule has 0 aromatic heterocycles. The first-order valence-electron chi connectivity index (χ1n) is 8.48. The lowest BCUT2D eigenvalue weighted by Gasteiger charge is -2.22. The van der Waals surface area contributed by atoms with Gasteiger partial charge in [-0.3, -0.25) is 14.4 Å². The van der Waals surface area contributed by atoms with Gasteiger partial charge in [-0.1, -0.05) is 0 Å². The summed E-state index contributed by atoms with van der Waals surface area (Å²) in [6.07, 6.45) is 3.76. The second kappa shape index (κ2) is 8.29. The molecule has 0 aromatic rings. The van der Waals surface area contributed by atoms with Crippen LogP contribution in [0.2, 0.25) is 0 Å². The van der Waals surface area contributed by atoms with Crippen LogP contribution in [0.15, 0.2) is 0 Å². The predicted octanol–water partition coefficient (Wildman–Crippen LogP) is 0.108. The highest BCUT2D eigenvalue weighted by atomic mass is 16.4. The second-order valence-corrected chi connectivity index (χ2v) is 6.73. The Morgan fingerprint density at radius 3 is 2.48 bits per heavy atom. The van der Waals surface area contributed by atoms with Crippen LogP contribution in [-0.2, 0) is 14.4 Å². The third kappa shape index (κ3) is 5.82. The monoisotopic (exact) mass is 325 g/mol. The first-order chi connectivity index (χ1) is 11.0. The molecule has 0 bridgehead atoms. The molecule has 1 saturated carbocycles. The minimum Gasteiger partial charge on any atom is -0.481 e. The maximum absolute atomic E-state index is 12.0. The van der Waals surface area contributed by atoms with Crippen molar-refractivity contribution in [3.8, 4) is 0 Å². The van der Waals surface area contributed by atoms with Crippen molar-refractivity contribution in [2.45, 2.75) is 45.1 Å². The SMILES string of the molecule is C[C@H](CC(=O)O)NC(=O)[C@@H]1C[C@H]1C(=O)NCCC1CCNCC1. The van der Waals surface area contributed by atoms with Gasteiger partial charge in [0.1, 0.15) is 0 Å². The Morgan fingerprint density at radius 1 is 1.17 bits per heavy atom. The van der Waals surface area contributed by atoms with Crippen molar-refractivity contribution in [3.05, 3.63) is 0 Å². The molecular formula is C16H27N3O4. The molecular weight excluding hydrogens is 298 g/mol. The number of rotatable bonds is 8. The fourth-order valence-electron chi connectivity index (χ4n) is 3.14. The number of nitrogens with one attached hydrogen (secondary N) is 3. The lowest BCUT2D eigenvalue weighted by molar-refractivity contribution is -0.137. The van der Waals surface area contributed by atoms with Crippen molar-refractivity contribution >= 4 is 17.8 Å². The molecule has 1 saturated heterocycles. The summed E-state index contributed by atoms with van der Waals surface area (Å²) in [6.45, 7) is 4.43. The van der Waals surface area contributed by atoms with Crippen LogP contribution in [0.25, 0.3) is 0 Å². The third-order valence-corrected chi connectivity index (χ3v) is 4.64. The smallest absolute Gasteiger partial charge is 0.305 e. The number of hydrogen-bond donors (Lipinski definition) is 4. The van der Waals surface area contributed by atoms with Gasteiger partial charge < -0.3 is 21.1 Å². The number of amides is 2. The van der Waals surface area contributed by atoms with Gasteiger partial charge in [0.15, 0.2) is 0 Å². The van der Waals surface area contributed by atoms with Crippen LogP contribution in [0.3, 0.4) is 0 Å². The van der Waals surface area contributed by atoms with E-state index in [2.05, 4.69) is 16.0 Å². The van der Waals surface area contributed by atoms with E-state index in [1.54, 1.807) is 6.92 Å². The zero-order valence-electron chi connectivity index (χ0n) is 13.6. The summed E-state index contributed by atoms with van der Waals surface area (Å²) in [4.78, 5) is 34.5. The number of aliphatic carboxylic acids is 1. The number of carbonyl (C=O) groups is 3. The van der Waals surface area contributed by atoms with Crippen LogP contribution in [0.4, 0.5) is 0 Å². The van der Waals surface area contributed by atoms with E-state index >= 15 is 0 Å². The molecule has 23 heavy (non-hydrogen) atoms. The minimum absolute atomic E-state index is 0.0510. The highest BCUT2D eigenvalue weighted by molar-refractivity contribution is 5.92. The Labute approximate surface area is 136 Å². The molecule has 1 heterocycles. The number of carbonyl (C=O) groups excluding carboxylic acids is 2. The number of carboxylic acid groups (broad SMARTS) is 1. The maximum Gasteiger partial charge on any atom is 0.305 e. The van der Waals surface area contributed by atoms with Crippen molar-refractivity contribution in [2.75, 3.05) is 19.6 Å². The average molecular weight is 325 g/mol. The van der Waals surface area contributed by atoms with Crippen LogP contribution < -0.4 is 16.0 Å². The zero-order chi connectivity index (χ0) is 16.8. The highest BCUT2D eigenvalue weighted by Crippen LogP contribution is 2.38. The largest absolute Gasteiger partial charge is 0.481 e. The second-order valence-electron chi connectivity index (χ2n) is 6.73. The summed E-state index contributed by atoms with van der Waals surface area (Å²) in [6, 6.07) is -0.413. The normalized spacial score (nSPS) is 25.4. The highest BCUT2D eigenvalue weighted by Gasteiger charge is 2.48. The van der Waals surface area contributed by atoms with Gasteiger partial charge in [-0.15, -0.1) is 0 Å². The minimum atomic E-state index is -0.944. The predicted molar refractivity (Wildman–Crippen MR) is 84.7 cm³/mol. The Bertz CT molecular complexity index is 449. The Balaban J connectivity index is 1.61. The van der Waals surface area contributed by atoms with Crippen LogP contribution in [-0.4, -0.2) is 48.6 Å². The van der Waals surface area contributed by atoms with E-state index in [-0.39, 0.29) is 30.1 Å². The summed E-state index contributed by atoms with van der Waals surface area (Å²) in [7, 11) is 0. The fraction of sp³-hybridized carbons (Fsp3) is 0.812. The molecule has 3 atom stereocenters. The Hall–Kier alpha value is -1.63. The summed E-state index contributed by atoms with van der Waals surface area (Å²) in [5.74, 6) is -1.08. The molecule has 0 radical (unpaired) electrons. The maximum atomic E-state index is 12.0. The van der Waals surface area contributed by atoms with Crippen LogP contribution >= 0.6 is 0 Å². The van der Waals surface area contributed by atoms with Crippen molar-refractivity contribution < 1.29 is 19.5 Å². The summed E-state index contributed by atoms with van der Waals surface area (Å²) in [5.41, 5.74) is 0. The van der Waals surface area contributed by atoms with Crippen molar-refractivity contribution in [1.82, 2.24) is 16.0 Å². The molecule has 1 aliphatic heterocycles. The molecule has 2 fully saturated rings. The molecule has 0 aromatic carbocycles. The van der Waals surface area contributed by atoms with Crippen LogP contribution in [0.1, 0.15) is 39.0 Å². The van der Waals surface area contributed by atoms with E-state index < -0.39 is 12.0 Å². The molecule has 1 aliphatic carbocycles. The lowest BCUT2D eigenvalue weighted by Crippen LogP contribution is -2.37. The first-order valence-corrected chi connectivity index (χ1v) is 8.48. The molecule has 2 amide bonds. The molecule has 4 N–H and O–H groups in total. The molecule has 2 rings (SSSR count). The molecule has 7 heteroatoms. The number of carboxylic acids is 1. The lowest BCUT2D eigenvalue weighted by atomic mass is 9.95. The molecule has 130 valence electrons. The van der Waals surface area contributed by atoms with E-state index in [1.165, 1.54) is 0 Å². The summed E-state index contributed by atoms with van der Waals surface area (Å²) < 4.78 is 0. The Morgan fingerprint density at radius 2 is 1.83 bits per heavy atom. The van der Waals surface area contributed by atoms with Gasteiger partial charge in [-0.05, 0) is 51.6 Å². The van der Waals surface area contributed by atoms with Crippen molar-refractivity contribution in [2.24, 2.45) is 17.8 Å². The van der Waals surface area contributed by atoms with Gasteiger partial charge in [0, 0.05) is 12.6 Å². The first kappa shape index (κ1) is 17.7. The molecule has 7 nitrogen and oxygen atoms in total. The van der Waals surface area contributed by atoms with E-state index in [9.17, 15) is 14.4 Å². The van der Waals surface area contributed by atoms with Gasteiger partial charge >= 0.3 is 5.97 Å². The van der Waals surface area contributed by atoms with Crippen LogP contribution in [0.5, 0.6) is 0 Å². The summed E-state index contributed by atoms with van der Waals surface area (Å²) >= 11 is 0. The quantitative estimate of drug-likeness (QED) is 0.506. The molecule has 2 aliphatic rings. The number of hydrogen-bond acceptors (Lipinski definition) is 4. The van der Waals surface area contributed by atoms with E-state index in [4.69, 9.17) is 5.11 Å². The van der Waals surface area contributed by atoms with E-state index in [0.717, 1.165) is 32.4 Å². The van der Waals surface area contributed by atoms with E-state index in [1.807, 2.05) is 0 Å². The van der Waals surface area contributed by atoms with Crippen molar-refractivity contribution in [1.29, 1.82) is 0 Å². The van der Waals surface area contributed by atoms with E-state index in [0.29, 0.717) is 18.9 Å². The van der Waals surface area contributed by atoms with Gasteiger partial charge in [0.05, 0.1) is 18.3 Å². The number of piperidine rings is 1. The molecule has 0 unspecified atom stereocenters. The van der Waals surface area contributed by atoms with Crippen LogP contribution in [0, 0.1) is 17.8 Å². The fourth-order valence-corrected chi connectivity index (χ4v) is 3.14. The molecule has 0 spiro atoms. The van der Waals surface area contributed by atoms with Gasteiger partial charge in [0.2, 0.25) is 11.8 Å². The van der Waals surface area contributed by atoms with Gasteiger partial charge in [0.25, 0.3) is 0 Å². The average Bonchev–Trinajstić information content (AvgIpc) is 3.28. The van der Waals surface area contributed by atoms with Crippen molar-refractivity contribution in [3.63, 3.8) is 0 Å². The Kier molecular flexibility index (Phi) is 6.38. The van der Waals surface area contributed by atoms with Gasteiger partial charge in [-0.25, -0.2) is 0 Å². The topological polar surface area (TPSA) is 108 Å². The summed E-state index contributed by atoms with van der Waals surface area (Å²) in [5, 5.41) is 17.6.